The maximum absolute atomic E-state index is 12.7. The molecule has 2 aromatic rings. The maximum Gasteiger partial charge on any atom is 0.257 e. The summed E-state index contributed by atoms with van der Waals surface area (Å²) in [4.78, 5) is 11.6. The monoisotopic (exact) mass is 342 g/mol. The molecule has 0 bridgehead atoms. The maximum atomic E-state index is 12.7. The van der Waals surface area contributed by atoms with Gasteiger partial charge in [-0.1, -0.05) is 48.0 Å². The molecule has 1 amide bonds. The van der Waals surface area contributed by atoms with Crippen molar-refractivity contribution in [2.45, 2.75) is 12.8 Å². The highest BCUT2D eigenvalue weighted by atomic mass is 32.2. The fourth-order valence-corrected chi connectivity index (χ4v) is 4.04. The number of fused-ring (bicyclic) bond motifs is 1. The molecule has 124 valence electrons. The number of hydrogen-bond donors (Lipinski definition) is 1. The van der Waals surface area contributed by atoms with Crippen LogP contribution in [0.5, 0.6) is 0 Å². The second-order valence-electron chi connectivity index (χ2n) is 5.80. The fourth-order valence-electron chi connectivity index (χ4n) is 2.77. The Morgan fingerprint density at radius 3 is 2.50 bits per heavy atom. The predicted octanol–water partition coefficient (Wildman–Crippen LogP) is 2.38. The summed E-state index contributed by atoms with van der Waals surface area (Å²) in [5, 5.41) is 1.16. The van der Waals surface area contributed by atoms with Gasteiger partial charge in [-0.25, -0.2) is 8.42 Å². The minimum Gasteiger partial charge on any atom is -0.369 e. The Balaban J connectivity index is 1.93. The lowest BCUT2D eigenvalue weighted by atomic mass is 10.0. The zero-order valence-electron chi connectivity index (χ0n) is 13.2. The van der Waals surface area contributed by atoms with Crippen molar-refractivity contribution >= 4 is 27.7 Å². The Morgan fingerprint density at radius 2 is 1.83 bits per heavy atom. The molecule has 0 saturated heterocycles. The SMILES string of the molecule is Cc1ccc(/C=C\S(=O)(=O)N2C[C@H](C(N)=O)c3ccccc32)cc1. The summed E-state index contributed by atoms with van der Waals surface area (Å²) < 4.78 is 26.6. The third-order valence-electron chi connectivity index (χ3n) is 4.09. The molecule has 0 aliphatic carbocycles. The second-order valence-corrected chi connectivity index (χ2v) is 7.55. The van der Waals surface area contributed by atoms with E-state index in [0.717, 1.165) is 16.5 Å². The van der Waals surface area contributed by atoms with Crippen molar-refractivity contribution < 1.29 is 13.2 Å². The first kappa shape index (κ1) is 16.3. The summed E-state index contributed by atoms with van der Waals surface area (Å²) in [7, 11) is -3.70. The van der Waals surface area contributed by atoms with Crippen molar-refractivity contribution in [1.29, 1.82) is 0 Å². The lowest BCUT2D eigenvalue weighted by Crippen LogP contribution is -2.31. The van der Waals surface area contributed by atoms with Gasteiger partial charge in [-0.15, -0.1) is 0 Å². The first-order chi connectivity index (χ1) is 11.4. The van der Waals surface area contributed by atoms with E-state index in [1.54, 1.807) is 30.3 Å². The van der Waals surface area contributed by atoms with E-state index >= 15 is 0 Å². The number of nitrogens with zero attached hydrogens (tertiary/aromatic N) is 1. The van der Waals surface area contributed by atoms with Gasteiger partial charge >= 0.3 is 0 Å². The van der Waals surface area contributed by atoms with E-state index in [0.29, 0.717) is 11.3 Å². The van der Waals surface area contributed by atoms with Gasteiger partial charge in [-0.05, 0) is 30.2 Å². The van der Waals surface area contributed by atoms with Crippen molar-refractivity contribution in [2.75, 3.05) is 10.8 Å². The molecule has 1 aliphatic heterocycles. The predicted molar refractivity (Wildman–Crippen MR) is 94.9 cm³/mol. The van der Waals surface area contributed by atoms with Gasteiger partial charge in [-0.3, -0.25) is 9.10 Å². The number of nitrogens with two attached hydrogens (primary N) is 1. The van der Waals surface area contributed by atoms with Crippen molar-refractivity contribution in [2.24, 2.45) is 5.73 Å². The van der Waals surface area contributed by atoms with Gasteiger partial charge in [-0.2, -0.15) is 0 Å². The van der Waals surface area contributed by atoms with E-state index in [4.69, 9.17) is 5.73 Å². The van der Waals surface area contributed by atoms with Crippen LogP contribution in [0.1, 0.15) is 22.6 Å². The molecule has 1 atom stereocenters. The molecule has 0 saturated carbocycles. The lowest BCUT2D eigenvalue weighted by Gasteiger charge is -2.17. The number of rotatable bonds is 4. The zero-order chi connectivity index (χ0) is 17.3. The number of aryl methyl sites for hydroxylation is 1. The summed E-state index contributed by atoms with van der Waals surface area (Å²) in [5.41, 5.74) is 8.48. The average Bonchev–Trinajstić information content (AvgIpc) is 2.95. The van der Waals surface area contributed by atoms with Gasteiger partial charge < -0.3 is 5.73 Å². The van der Waals surface area contributed by atoms with Crippen molar-refractivity contribution in [3.63, 3.8) is 0 Å². The van der Waals surface area contributed by atoms with Gasteiger partial charge in [0.05, 0.1) is 23.6 Å². The van der Waals surface area contributed by atoms with Crippen molar-refractivity contribution in [3.8, 4) is 0 Å². The van der Waals surface area contributed by atoms with E-state index < -0.39 is 21.8 Å². The molecule has 0 radical (unpaired) electrons. The number of primary amides is 1. The molecular weight excluding hydrogens is 324 g/mol. The van der Waals surface area contributed by atoms with Crippen LogP contribution >= 0.6 is 0 Å². The molecule has 0 aromatic heterocycles. The van der Waals surface area contributed by atoms with Crippen LogP contribution in [-0.2, 0) is 14.8 Å². The largest absolute Gasteiger partial charge is 0.369 e. The highest BCUT2D eigenvalue weighted by Crippen LogP contribution is 2.38. The first-order valence-corrected chi connectivity index (χ1v) is 9.04. The highest BCUT2D eigenvalue weighted by molar-refractivity contribution is 7.95. The minimum atomic E-state index is -3.70. The van der Waals surface area contributed by atoms with Crippen LogP contribution in [0.3, 0.4) is 0 Å². The van der Waals surface area contributed by atoms with Crippen LogP contribution in [0.2, 0.25) is 0 Å². The van der Waals surface area contributed by atoms with Crippen LogP contribution in [0, 0.1) is 6.92 Å². The molecule has 0 unspecified atom stereocenters. The van der Waals surface area contributed by atoms with Gasteiger partial charge in [0.15, 0.2) is 0 Å². The Labute approximate surface area is 141 Å². The van der Waals surface area contributed by atoms with Crippen molar-refractivity contribution in [1.82, 2.24) is 0 Å². The number of anilines is 1. The van der Waals surface area contributed by atoms with Crippen LogP contribution in [0.15, 0.2) is 53.9 Å². The van der Waals surface area contributed by atoms with Gasteiger partial charge in [0.2, 0.25) is 5.91 Å². The summed E-state index contributed by atoms with van der Waals surface area (Å²) in [6.45, 7) is 2.00. The Hall–Kier alpha value is -2.60. The third-order valence-corrected chi connectivity index (χ3v) is 5.53. The van der Waals surface area contributed by atoms with Gasteiger partial charge in [0.1, 0.15) is 0 Å². The summed E-state index contributed by atoms with van der Waals surface area (Å²) in [5.74, 6) is -1.15. The van der Waals surface area contributed by atoms with Crippen LogP contribution in [0.4, 0.5) is 5.69 Å². The Kier molecular flexibility index (Phi) is 4.15. The van der Waals surface area contributed by atoms with E-state index in [1.165, 1.54) is 4.31 Å². The van der Waals surface area contributed by atoms with E-state index in [1.807, 2.05) is 31.2 Å². The van der Waals surface area contributed by atoms with E-state index in [-0.39, 0.29) is 6.54 Å². The normalized spacial score (nSPS) is 17.2. The molecule has 1 aliphatic rings. The fraction of sp³-hybridized carbons (Fsp3) is 0.167. The van der Waals surface area contributed by atoms with Crippen molar-refractivity contribution in [3.05, 3.63) is 70.6 Å². The number of amides is 1. The number of hydrogen-bond acceptors (Lipinski definition) is 3. The summed E-state index contributed by atoms with van der Waals surface area (Å²) in [6, 6.07) is 14.5. The topological polar surface area (TPSA) is 80.5 Å². The number of para-hydroxylation sites is 1. The molecular formula is C18H18N2O3S. The van der Waals surface area contributed by atoms with Crippen LogP contribution in [0.25, 0.3) is 6.08 Å². The lowest BCUT2D eigenvalue weighted by molar-refractivity contribution is -0.119. The molecule has 5 nitrogen and oxygen atoms in total. The van der Waals surface area contributed by atoms with E-state index in [9.17, 15) is 13.2 Å². The first-order valence-electron chi connectivity index (χ1n) is 7.54. The number of carbonyl (C=O) groups excluding carboxylic acids is 1. The third kappa shape index (κ3) is 3.05. The number of benzene rings is 2. The summed E-state index contributed by atoms with van der Waals surface area (Å²) in [6.07, 6.45) is 1.55. The van der Waals surface area contributed by atoms with Crippen LogP contribution in [-0.4, -0.2) is 20.9 Å². The quantitative estimate of drug-likeness (QED) is 0.926. The highest BCUT2D eigenvalue weighted by Gasteiger charge is 2.37. The van der Waals surface area contributed by atoms with Crippen LogP contribution < -0.4 is 10.0 Å². The van der Waals surface area contributed by atoms with Gasteiger partial charge in [0, 0.05) is 0 Å². The Morgan fingerprint density at radius 1 is 1.17 bits per heavy atom. The molecule has 2 N–H and O–H groups in total. The molecule has 0 fully saturated rings. The molecule has 2 aromatic carbocycles. The molecule has 6 heteroatoms. The standard InChI is InChI=1S/C18H18N2O3S/c1-13-6-8-14(9-7-13)10-11-24(22,23)20-12-16(18(19)21)15-4-2-3-5-17(15)20/h2-11,16H,12H2,1H3,(H2,19,21)/b11-10-/t16-/m0/s1. The average molecular weight is 342 g/mol. The number of carbonyl (C=O) groups is 1. The Bertz CT molecular complexity index is 902. The summed E-state index contributed by atoms with van der Waals surface area (Å²) >= 11 is 0. The molecule has 0 spiro atoms. The molecule has 1 heterocycles. The number of sulfonamides is 1. The minimum absolute atomic E-state index is 0.0370. The zero-order valence-corrected chi connectivity index (χ0v) is 14.0. The van der Waals surface area contributed by atoms with E-state index in [2.05, 4.69) is 0 Å². The smallest absolute Gasteiger partial charge is 0.257 e. The second kappa shape index (κ2) is 6.13. The molecule has 3 rings (SSSR count). The molecule has 24 heavy (non-hydrogen) atoms. The van der Waals surface area contributed by atoms with Gasteiger partial charge in [0.25, 0.3) is 10.0 Å².